The molecule has 0 unspecified atom stereocenters. The van der Waals surface area contributed by atoms with Crippen molar-refractivity contribution in [1.82, 2.24) is 20.9 Å². The first-order chi connectivity index (χ1) is 13.7. The Hall–Kier alpha value is -2.28. The molecule has 0 bridgehead atoms. The molecule has 4 N–H and O–H groups in total. The Kier molecular flexibility index (Phi) is 10.2. The summed E-state index contributed by atoms with van der Waals surface area (Å²) >= 11 is 0. The van der Waals surface area contributed by atoms with Crippen LogP contribution in [0.15, 0.2) is 29.3 Å². The highest BCUT2D eigenvalue weighted by Crippen LogP contribution is 2.10. The van der Waals surface area contributed by atoms with Crippen LogP contribution in [0.3, 0.4) is 0 Å². The average Bonchev–Trinajstić information content (AvgIpc) is 2.97. The maximum Gasteiger partial charge on any atom is 0.251 e. The zero-order valence-corrected chi connectivity index (χ0v) is 17.0. The molecule has 0 saturated carbocycles. The Bertz CT molecular complexity index is 595. The van der Waals surface area contributed by atoms with Gasteiger partial charge in [-0.2, -0.15) is 0 Å². The van der Waals surface area contributed by atoms with E-state index in [-0.39, 0.29) is 11.7 Å². The number of nitrogens with one attached hydrogen (secondary N) is 3. The van der Waals surface area contributed by atoms with E-state index in [1.807, 2.05) is 6.92 Å². The lowest BCUT2D eigenvalue weighted by molar-refractivity contribution is 0.0954. The third-order valence-corrected chi connectivity index (χ3v) is 4.78. The number of phenolic OH excluding ortho intramolecular Hbond substituents is 1. The fraction of sp³-hybridized carbons (Fsp3) is 0.619. The predicted octanol–water partition coefficient (Wildman–Crippen LogP) is 1.94. The number of guanidine groups is 1. The number of amides is 1. The Balaban J connectivity index is 1.64. The number of hydrogen-bond donors (Lipinski definition) is 4. The van der Waals surface area contributed by atoms with Crippen LogP contribution in [0.1, 0.15) is 49.4 Å². The first-order valence-corrected chi connectivity index (χ1v) is 10.5. The van der Waals surface area contributed by atoms with Crippen molar-refractivity contribution in [1.29, 1.82) is 0 Å². The lowest BCUT2D eigenvalue weighted by atomic mass is 10.2. The standard InChI is InChI=1S/C21H35N5O2/c1-2-22-21(24-12-7-17-26-15-5-3-4-6-16-26)25-14-13-23-20(28)18-8-10-19(27)11-9-18/h8-11,27H,2-7,12-17H2,1H3,(H,23,28)(H2,22,24,25). The number of likely N-dealkylation sites (tertiary alicyclic amines) is 1. The van der Waals surface area contributed by atoms with Gasteiger partial charge in [0.1, 0.15) is 5.75 Å². The number of benzene rings is 1. The van der Waals surface area contributed by atoms with Crippen molar-refractivity contribution in [2.75, 3.05) is 45.8 Å². The maximum absolute atomic E-state index is 12.0. The first-order valence-electron chi connectivity index (χ1n) is 10.5. The van der Waals surface area contributed by atoms with E-state index in [0.29, 0.717) is 18.7 Å². The minimum absolute atomic E-state index is 0.152. The summed E-state index contributed by atoms with van der Waals surface area (Å²) < 4.78 is 0. The SMILES string of the molecule is CCNC(=NCCCN1CCCCCC1)NCCNC(=O)c1ccc(O)cc1. The molecule has 1 fully saturated rings. The molecule has 156 valence electrons. The maximum atomic E-state index is 12.0. The Morgan fingerprint density at radius 1 is 1.04 bits per heavy atom. The van der Waals surface area contributed by atoms with Crippen LogP contribution in [0.25, 0.3) is 0 Å². The minimum Gasteiger partial charge on any atom is -0.508 e. The lowest BCUT2D eigenvalue weighted by Crippen LogP contribution is -2.41. The van der Waals surface area contributed by atoms with Crippen molar-refractivity contribution in [3.63, 3.8) is 0 Å². The molecule has 1 saturated heterocycles. The number of nitrogens with zero attached hydrogens (tertiary/aromatic N) is 2. The van der Waals surface area contributed by atoms with Gasteiger partial charge in [0.25, 0.3) is 5.91 Å². The summed E-state index contributed by atoms with van der Waals surface area (Å²) in [6.45, 7) is 8.31. The lowest BCUT2D eigenvalue weighted by Gasteiger charge is -2.19. The van der Waals surface area contributed by atoms with Gasteiger partial charge in [-0.1, -0.05) is 12.8 Å². The van der Waals surface area contributed by atoms with Crippen LogP contribution in [-0.2, 0) is 0 Å². The van der Waals surface area contributed by atoms with Crippen molar-refractivity contribution in [3.8, 4) is 5.75 Å². The summed E-state index contributed by atoms with van der Waals surface area (Å²) in [5.41, 5.74) is 0.534. The van der Waals surface area contributed by atoms with Crippen LogP contribution >= 0.6 is 0 Å². The normalized spacial score (nSPS) is 15.7. The third-order valence-electron chi connectivity index (χ3n) is 4.78. The molecule has 1 heterocycles. The van der Waals surface area contributed by atoms with Crippen LogP contribution < -0.4 is 16.0 Å². The predicted molar refractivity (Wildman–Crippen MR) is 114 cm³/mol. The molecule has 1 aromatic rings. The van der Waals surface area contributed by atoms with Gasteiger partial charge in [0.05, 0.1) is 0 Å². The second-order valence-electron chi connectivity index (χ2n) is 7.10. The van der Waals surface area contributed by atoms with Crippen molar-refractivity contribution >= 4 is 11.9 Å². The smallest absolute Gasteiger partial charge is 0.251 e. The molecule has 0 spiro atoms. The molecular formula is C21H35N5O2. The summed E-state index contributed by atoms with van der Waals surface area (Å²) in [7, 11) is 0. The molecule has 1 aliphatic heterocycles. The Morgan fingerprint density at radius 3 is 2.39 bits per heavy atom. The molecule has 0 aromatic heterocycles. The molecule has 0 aliphatic carbocycles. The van der Waals surface area contributed by atoms with Gasteiger partial charge in [0.15, 0.2) is 5.96 Å². The summed E-state index contributed by atoms with van der Waals surface area (Å²) in [5, 5.41) is 18.6. The molecule has 1 aromatic carbocycles. The van der Waals surface area contributed by atoms with E-state index in [2.05, 4.69) is 25.8 Å². The van der Waals surface area contributed by atoms with E-state index in [1.54, 1.807) is 12.1 Å². The van der Waals surface area contributed by atoms with E-state index >= 15 is 0 Å². The molecule has 7 nitrogen and oxygen atoms in total. The van der Waals surface area contributed by atoms with Crippen molar-refractivity contribution < 1.29 is 9.90 Å². The third kappa shape index (κ3) is 8.61. The van der Waals surface area contributed by atoms with Gasteiger partial charge in [0, 0.05) is 31.7 Å². The van der Waals surface area contributed by atoms with Gasteiger partial charge in [-0.25, -0.2) is 0 Å². The molecule has 28 heavy (non-hydrogen) atoms. The van der Waals surface area contributed by atoms with Gasteiger partial charge >= 0.3 is 0 Å². The highest BCUT2D eigenvalue weighted by Gasteiger charge is 2.08. The van der Waals surface area contributed by atoms with Gasteiger partial charge in [-0.15, -0.1) is 0 Å². The van der Waals surface area contributed by atoms with Crippen molar-refractivity contribution in [3.05, 3.63) is 29.8 Å². The molecule has 2 rings (SSSR count). The molecule has 7 heteroatoms. The molecule has 1 amide bonds. The van der Waals surface area contributed by atoms with Crippen molar-refractivity contribution in [2.24, 2.45) is 4.99 Å². The number of phenols is 1. The van der Waals surface area contributed by atoms with E-state index in [4.69, 9.17) is 0 Å². The average molecular weight is 390 g/mol. The van der Waals surface area contributed by atoms with Crippen LogP contribution in [0.5, 0.6) is 5.75 Å². The van der Waals surface area contributed by atoms with E-state index < -0.39 is 0 Å². The largest absolute Gasteiger partial charge is 0.508 e. The summed E-state index contributed by atoms with van der Waals surface area (Å²) in [6, 6.07) is 6.23. The first kappa shape index (κ1) is 22.0. The summed E-state index contributed by atoms with van der Waals surface area (Å²) in [6.07, 6.45) is 6.44. The number of aromatic hydroxyl groups is 1. The van der Waals surface area contributed by atoms with Crippen LogP contribution in [0.4, 0.5) is 0 Å². The Morgan fingerprint density at radius 2 is 1.71 bits per heavy atom. The second-order valence-corrected chi connectivity index (χ2v) is 7.10. The topological polar surface area (TPSA) is 89.0 Å². The van der Waals surface area contributed by atoms with E-state index in [0.717, 1.165) is 32.0 Å². The van der Waals surface area contributed by atoms with Gasteiger partial charge in [0.2, 0.25) is 0 Å². The fourth-order valence-corrected chi connectivity index (χ4v) is 3.26. The number of carbonyl (C=O) groups excluding carboxylic acids is 1. The van der Waals surface area contributed by atoms with Crippen LogP contribution in [-0.4, -0.2) is 67.7 Å². The number of carbonyl (C=O) groups is 1. The van der Waals surface area contributed by atoms with E-state index in [1.165, 1.54) is 50.9 Å². The minimum atomic E-state index is -0.152. The number of rotatable bonds is 9. The summed E-state index contributed by atoms with van der Waals surface area (Å²) in [5.74, 6) is 0.791. The zero-order valence-electron chi connectivity index (χ0n) is 17.0. The Labute approximate surface area is 168 Å². The molecule has 0 radical (unpaired) electrons. The quantitative estimate of drug-likeness (QED) is 0.294. The van der Waals surface area contributed by atoms with Gasteiger partial charge < -0.3 is 26.0 Å². The molecule has 1 aliphatic rings. The summed E-state index contributed by atoms with van der Waals surface area (Å²) in [4.78, 5) is 19.2. The monoisotopic (exact) mass is 389 g/mol. The van der Waals surface area contributed by atoms with Crippen molar-refractivity contribution in [2.45, 2.75) is 39.0 Å². The highest BCUT2D eigenvalue weighted by molar-refractivity contribution is 5.94. The molecule has 0 atom stereocenters. The fourth-order valence-electron chi connectivity index (χ4n) is 3.26. The number of aliphatic imine (C=N–C) groups is 1. The molecular weight excluding hydrogens is 354 g/mol. The number of hydrogen-bond acceptors (Lipinski definition) is 4. The zero-order chi connectivity index (χ0) is 20.0. The second kappa shape index (κ2) is 13.0. The van der Waals surface area contributed by atoms with E-state index in [9.17, 15) is 9.90 Å². The van der Waals surface area contributed by atoms with Gasteiger partial charge in [-0.05, 0) is 70.1 Å². The van der Waals surface area contributed by atoms with Crippen LogP contribution in [0.2, 0.25) is 0 Å². The van der Waals surface area contributed by atoms with Crippen LogP contribution in [0, 0.1) is 0 Å². The van der Waals surface area contributed by atoms with Gasteiger partial charge in [-0.3, -0.25) is 9.79 Å². The highest BCUT2D eigenvalue weighted by atomic mass is 16.3.